The largest absolute Gasteiger partial charge is 0.360 e. The van der Waals surface area contributed by atoms with Gasteiger partial charge in [-0.05, 0) is 29.5 Å². The normalized spacial score (nSPS) is 17.6. The number of halogens is 1. The fraction of sp³-hybridized carbons (Fsp3) is 0.333. The highest BCUT2D eigenvalue weighted by atomic mass is 35.5. The molecule has 1 fully saturated rings. The molecule has 0 bridgehead atoms. The van der Waals surface area contributed by atoms with Crippen LogP contribution in [0.15, 0.2) is 46.0 Å². The lowest BCUT2D eigenvalue weighted by molar-refractivity contribution is -0.140. The summed E-state index contributed by atoms with van der Waals surface area (Å²) in [5, 5.41) is 7.09. The summed E-state index contributed by atoms with van der Waals surface area (Å²) in [7, 11) is -3.73. The van der Waals surface area contributed by atoms with Crippen LogP contribution in [-0.2, 0) is 30.9 Å². The van der Waals surface area contributed by atoms with Crippen LogP contribution in [0.3, 0.4) is 0 Å². The highest BCUT2D eigenvalue weighted by Gasteiger charge is 2.35. The van der Waals surface area contributed by atoms with Crippen molar-refractivity contribution in [3.05, 3.63) is 52.4 Å². The summed E-state index contributed by atoms with van der Waals surface area (Å²) >= 11 is 7.13. The lowest BCUT2D eigenvalue weighted by atomic mass is 10.2. The quantitative estimate of drug-likeness (QED) is 0.641. The number of ether oxygens (including phenoxy) is 1. The molecule has 3 rings (SSSR count). The van der Waals surface area contributed by atoms with E-state index < -0.39 is 28.1 Å². The molecular weight excluding hydrogens is 438 g/mol. The minimum atomic E-state index is -3.73. The Balaban J connectivity index is 1.56. The molecule has 2 heterocycles. The Kier molecular flexibility index (Phi) is 7.25. The third-order valence-electron chi connectivity index (χ3n) is 4.25. The van der Waals surface area contributed by atoms with Crippen LogP contribution in [0.4, 0.5) is 0 Å². The van der Waals surface area contributed by atoms with Crippen molar-refractivity contribution in [2.75, 3.05) is 19.7 Å². The summed E-state index contributed by atoms with van der Waals surface area (Å²) in [4.78, 5) is 24.1. The van der Waals surface area contributed by atoms with Crippen LogP contribution >= 0.6 is 22.9 Å². The highest BCUT2D eigenvalue weighted by Crippen LogP contribution is 2.25. The van der Waals surface area contributed by atoms with E-state index in [1.54, 1.807) is 35.7 Å². The maximum atomic E-state index is 12.8. The second-order valence-corrected chi connectivity index (χ2v) is 9.68. The van der Waals surface area contributed by atoms with Crippen molar-refractivity contribution in [1.29, 1.82) is 0 Å². The minimum absolute atomic E-state index is 0.102. The first-order valence-electron chi connectivity index (χ1n) is 8.86. The lowest BCUT2D eigenvalue weighted by Crippen LogP contribution is -2.52. The van der Waals surface area contributed by atoms with Crippen molar-refractivity contribution < 1.29 is 22.7 Å². The Morgan fingerprint density at radius 2 is 1.93 bits per heavy atom. The van der Waals surface area contributed by atoms with Gasteiger partial charge in [0.15, 0.2) is 0 Å². The van der Waals surface area contributed by atoms with E-state index in [0.29, 0.717) is 23.6 Å². The van der Waals surface area contributed by atoms with Gasteiger partial charge >= 0.3 is 11.8 Å². The Morgan fingerprint density at radius 1 is 1.17 bits per heavy atom. The van der Waals surface area contributed by atoms with E-state index in [4.69, 9.17) is 16.3 Å². The van der Waals surface area contributed by atoms with E-state index in [2.05, 4.69) is 10.6 Å². The zero-order valence-corrected chi connectivity index (χ0v) is 17.7. The van der Waals surface area contributed by atoms with Crippen LogP contribution in [0, 0.1) is 0 Å². The van der Waals surface area contributed by atoms with Gasteiger partial charge in [-0.1, -0.05) is 35.9 Å². The van der Waals surface area contributed by atoms with E-state index in [9.17, 15) is 18.0 Å². The molecule has 0 spiro atoms. The second-order valence-electron chi connectivity index (χ2n) is 6.21. The molecule has 0 radical (unpaired) electrons. The molecular formula is C18H20ClN3O5S2. The van der Waals surface area contributed by atoms with E-state index >= 15 is 0 Å². The predicted molar refractivity (Wildman–Crippen MR) is 109 cm³/mol. The van der Waals surface area contributed by atoms with Crippen LogP contribution < -0.4 is 10.6 Å². The van der Waals surface area contributed by atoms with Gasteiger partial charge in [0, 0.05) is 18.1 Å². The Bertz CT molecular complexity index is 966. The first-order chi connectivity index (χ1) is 13.9. The van der Waals surface area contributed by atoms with E-state index in [1.807, 2.05) is 0 Å². The van der Waals surface area contributed by atoms with Crippen LogP contribution in [0.1, 0.15) is 12.0 Å². The third kappa shape index (κ3) is 5.34. The topological polar surface area (TPSA) is 105 Å². The molecule has 0 saturated carbocycles. The predicted octanol–water partition coefficient (Wildman–Crippen LogP) is 1.57. The molecule has 0 unspecified atom stereocenters. The maximum Gasteiger partial charge on any atom is 0.309 e. The smallest absolute Gasteiger partial charge is 0.309 e. The molecule has 0 aliphatic carbocycles. The van der Waals surface area contributed by atoms with Gasteiger partial charge in [0.05, 0.1) is 13.2 Å². The van der Waals surface area contributed by atoms with E-state index in [1.165, 1.54) is 10.4 Å². The fourth-order valence-corrected chi connectivity index (χ4v) is 5.67. The molecule has 1 aliphatic rings. The molecule has 1 aliphatic heterocycles. The van der Waals surface area contributed by atoms with E-state index in [0.717, 1.165) is 11.3 Å². The number of hydrogen-bond acceptors (Lipinski definition) is 6. The van der Waals surface area contributed by atoms with Crippen molar-refractivity contribution in [2.45, 2.75) is 23.4 Å². The van der Waals surface area contributed by atoms with Crippen LogP contribution in [0.5, 0.6) is 0 Å². The zero-order valence-electron chi connectivity index (χ0n) is 15.3. The number of benzene rings is 1. The summed E-state index contributed by atoms with van der Waals surface area (Å²) in [6.07, 6.45) is -0.330. The third-order valence-corrected chi connectivity index (χ3v) is 7.88. The number of amides is 2. The standard InChI is InChI=1S/C18H20ClN3O5S2/c19-14-6-2-1-5-13(14)11-20-17(23)18(24)21-12-15-22(8-4-9-27-15)29(25,26)16-7-3-10-28-16/h1-3,5-7,10,15H,4,8-9,11-12H2,(H,20,23)(H,21,24)/t15-/m1/s1. The summed E-state index contributed by atoms with van der Waals surface area (Å²) in [6, 6.07) is 10.1. The summed E-state index contributed by atoms with van der Waals surface area (Å²) in [5.41, 5.74) is 0.680. The minimum Gasteiger partial charge on any atom is -0.360 e. The van der Waals surface area contributed by atoms with Gasteiger partial charge in [-0.25, -0.2) is 8.42 Å². The second kappa shape index (κ2) is 9.68. The lowest BCUT2D eigenvalue weighted by Gasteiger charge is -2.34. The first-order valence-corrected chi connectivity index (χ1v) is 11.6. The average Bonchev–Trinajstić information content (AvgIpc) is 3.27. The number of nitrogens with one attached hydrogen (secondary N) is 2. The number of sulfonamides is 1. The molecule has 11 heteroatoms. The van der Waals surface area contributed by atoms with Crippen molar-refractivity contribution in [1.82, 2.24) is 14.9 Å². The molecule has 2 amide bonds. The molecule has 1 saturated heterocycles. The van der Waals surface area contributed by atoms with Gasteiger partial charge in [-0.15, -0.1) is 11.3 Å². The molecule has 1 aromatic heterocycles. The number of rotatable bonds is 6. The summed E-state index contributed by atoms with van der Waals surface area (Å²) < 4.78 is 32.5. The van der Waals surface area contributed by atoms with Gasteiger partial charge in [0.2, 0.25) is 0 Å². The maximum absolute atomic E-state index is 12.8. The first kappa shape index (κ1) is 21.7. The summed E-state index contributed by atoms with van der Waals surface area (Å²) in [6.45, 7) is 0.614. The Hall–Kier alpha value is -1.98. The Morgan fingerprint density at radius 3 is 2.66 bits per heavy atom. The van der Waals surface area contributed by atoms with E-state index in [-0.39, 0.29) is 23.8 Å². The monoisotopic (exact) mass is 457 g/mol. The van der Waals surface area contributed by atoms with Gasteiger partial charge in [-0.3, -0.25) is 9.59 Å². The van der Waals surface area contributed by atoms with Crippen LogP contribution in [0.25, 0.3) is 0 Å². The van der Waals surface area contributed by atoms with Gasteiger partial charge in [0.1, 0.15) is 10.4 Å². The molecule has 29 heavy (non-hydrogen) atoms. The highest BCUT2D eigenvalue weighted by molar-refractivity contribution is 7.91. The Labute approximate surface area is 177 Å². The SMILES string of the molecule is O=C(NCc1ccccc1Cl)C(=O)NC[C@H]1OCCCN1S(=O)(=O)c1cccs1. The summed E-state index contributed by atoms with van der Waals surface area (Å²) in [5.74, 6) is -1.71. The molecule has 1 aromatic carbocycles. The zero-order chi connectivity index (χ0) is 20.9. The number of carbonyl (C=O) groups is 2. The van der Waals surface area contributed by atoms with Gasteiger partial charge in [-0.2, -0.15) is 4.31 Å². The fourth-order valence-electron chi connectivity index (χ4n) is 2.79. The molecule has 2 N–H and O–H groups in total. The average molecular weight is 458 g/mol. The number of carbonyl (C=O) groups excluding carboxylic acids is 2. The van der Waals surface area contributed by atoms with Crippen LogP contribution in [0.2, 0.25) is 5.02 Å². The molecule has 2 aromatic rings. The number of thiophene rings is 1. The van der Waals surface area contributed by atoms with Crippen molar-refractivity contribution in [3.63, 3.8) is 0 Å². The molecule has 8 nitrogen and oxygen atoms in total. The van der Waals surface area contributed by atoms with Crippen molar-refractivity contribution in [3.8, 4) is 0 Å². The van der Waals surface area contributed by atoms with Crippen molar-refractivity contribution in [2.24, 2.45) is 0 Å². The molecule has 1 atom stereocenters. The number of nitrogens with zero attached hydrogens (tertiary/aromatic N) is 1. The van der Waals surface area contributed by atoms with Crippen molar-refractivity contribution >= 4 is 44.8 Å². The van der Waals surface area contributed by atoms with Gasteiger partial charge in [0.25, 0.3) is 10.0 Å². The number of hydrogen-bond donors (Lipinski definition) is 2. The molecule has 156 valence electrons. The van der Waals surface area contributed by atoms with Crippen LogP contribution in [-0.4, -0.2) is 50.5 Å². The van der Waals surface area contributed by atoms with Gasteiger partial charge < -0.3 is 15.4 Å².